The van der Waals surface area contributed by atoms with E-state index in [1.807, 2.05) is 20.1 Å². The van der Waals surface area contributed by atoms with Crippen LogP contribution in [0.15, 0.2) is 36.4 Å². The van der Waals surface area contributed by atoms with E-state index in [9.17, 15) is 23.3 Å². The number of thioether (sulfide) groups is 1. The summed E-state index contributed by atoms with van der Waals surface area (Å²) in [4.78, 5) is 10.8. The number of nitro benzene ring substituents is 1. The Hall–Kier alpha value is -2.13. The summed E-state index contributed by atoms with van der Waals surface area (Å²) >= 11 is 7.48. The normalized spacial score (nSPS) is 12.0. The van der Waals surface area contributed by atoms with Crippen LogP contribution in [0.25, 0.3) is 0 Å². The molecule has 0 spiro atoms. The molecule has 2 aromatic rings. The number of hydrogen-bond acceptors (Lipinski definition) is 5. The van der Waals surface area contributed by atoms with Crippen LogP contribution in [0, 0.1) is 10.1 Å². The highest BCUT2D eigenvalue weighted by Crippen LogP contribution is 2.38. The average molecular weight is 435 g/mol. The highest BCUT2D eigenvalue weighted by Gasteiger charge is 2.31. The monoisotopic (exact) mass is 434 g/mol. The summed E-state index contributed by atoms with van der Waals surface area (Å²) in [6.45, 7) is 3.79. The first kappa shape index (κ1) is 22.2. The third-order valence-corrected chi connectivity index (χ3v) is 4.94. The number of hydrogen-bond donors (Lipinski definition) is 1. The number of nitrogens with zero attached hydrogens (tertiary/aromatic N) is 1. The predicted octanol–water partition coefficient (Wildman–Crippen LogP) is 6.61. The number of halogens is 4. The first-order valence-electron chi connectivity index (χ1n) is 8.03. The third-order valence-electron chi connectivity index (χ3n) is 3.63. The summed E-state index contributed by atoms with van der Waals surface area (Å²) in [6.07, 6.45) is -2.60. The number of rotatable bonds is 7. The Balaban J connectivity index is 2.34. The van der Waals surface area contributed by atoms with Gasteiger partial charge in [-0.3, -0.25) is 10.1 Å². The topological polar surface area (TPSA) is 64.4 Å². The smallest absolute Gasteiger partial charge is 0.416 e. The maximum Gasteiger partial charge on any atom is 0.416 e. The first-order valence-corrected chi connectivity index (χ1v) is 9.80. The number of benzene rings is 2. The molecule has 2 rings (SSSR count). The Morgan fingerprint density at radius 2 is 1.89 bits per heavy atom. The molecule has 152 valence electrons. The van der Waals surface area contributed by atoms with E-state index in [2.05, 4.69) is 5.32 Å². The summed E-state index contributed by atoms with van der Waals surface area (Å²) in [5.74, 6) is 0.910. The lowest BCUT2D eigenvalue weighted by Gasteiger charge is -2.26. The molecule has 0 amide bonds. The van der Waals surface area contributed by atoms with Gasteiger partial charge in [0.2, 0.25) is 0 Å². The van der Waals surface area contributed by atoms with Crippen molar-refractivity contribution in [3.05, 3.63) is 57.1 Å². The standard InChI is InChI=1S/C18H18ClF3N2O3S/c1-17(2,10-28-3)23-14-9-12(5-6-15(14)24(25)26)27-16-7-4-11(8-13(16)19)18(20,21)22/h4-9,23H,10H2,1-3H3. The van der Waals surface area contributed by atoms with Crippen LogP contribution in [0.5, 0.6) is 11.5 Å². The largest absolute Gasteiger partial charge is 0.456 e. The van der Waals surface area contributed by atoms with Gasteiger partial charge in [-0.1, -0.05) is 11.6 Å². The maximum atomic E-state index is 12.7. The highest BCUT2D eigenvalue weighted by molar-refractivity contribution is 7.98. The van der Waals surface area contributed by atoms with E-state index in [4.69, 9.17) is 16.3 Å². The van der Waals surface area contributed by atoms with Crippen LogP contribution in [-0.2, 0) is 6.18 Å². The van der Waals surface area contributed by atoms with Crippen LogP contribution in [0.3, 0.4) is 0 Å². The van der Waals surface area contributed by atoms with E-state index in [1.54, 1.807) is 11.8 Å². The second-order valence-corrected chi connectivity index (χ2v) is 7.90. The predicted molar refractivity (Wildman–Crippen MR) is 106 cm³/mol. The molecule has 0 saturated heterocycles. The van der Waals surface area contributed by atoms with Gasteiger partial charge >= 0.3 is 6.18 Å². The van der Waals surface area contributed by atoms with Gasteiger partial charge in [-0.2, -0.15) is 24.9 Å². The fourth-order valence-electron chi connectivity index (χ4n) is 2.49. The molecular formula is C18H18ClF3N2O3S. The minimum Gasteiger partial charge on any atom is -0.456 e. The molecule has 0 atom stereocenters. The van der Waals surface area contributed by atoms with E-state index in [0.29, 0.717) is 5.75 Å². The summed E-state index contributed by atoms with van der Waals surface area (Å²) < 4.78 is 43.8. The molecule has 5 nitrogen and oxygen atoms in total. The molecule has 0 radical (unpaired) electrons. The van der Waals surface area contributed by atoms with Gasteiger partial charge in [0, 0.05) is 23.4 Å². The number of alkyl halides is 3. The van der Waals surface area contributed by atoms with Gasteiger partial charge in [-0.15, -0.1) is 0 Å². The highest BCUT2D eigenvalue weighted by atomic mass is 35.5. The van der Waals surface area contributed by atoms with Gasteiger partial charge in [-0.25, -0.2) is 0 Å². The van der Waals surface area contributed by atoms with Crippen molar-refractivity contribution in [2.75, 3.05) is 17.3 Å². The molecule has 0 heterocycles. The zero-order valence-corrected chi connectivity index (χ0v) is 16.8. The lowest BCUT2D eigenvalue weighted by Crippen LogP contribution is -2.33. The molecule has 0 aliphatic rings. The summed E-state index contributed by atoms with van der Waals surface area (Å²) in [6, 6.07) is 6.78. The van der Waals surface area contributed by atoms with E-state index >= 15 is 0 Å². The van der Waals surface area contributed by atoms with Crippen LogP contribution in [0.4, 0.5) is 24.5 Å². The third kappa shape index (κ3) is 5.68. The number of anilines is 1. The molecule has 0 fully saturated rings. The molecule has 0 bridgehead atoms. The SMILES string of the molecule is CSCC(C)(C)Nc1cc(Oc2ccc(C(F)(F)F)cc2Cl)ccc1[N+](=O)[O-]. The van der Waals surface area contributed by atoms with Crippen molar-refractivity contribution < 1.29 is 22.8 Å². The van der Waals surface area contributed by atoms with E-state index in [-0.39, 0.29) is 27.9 Å². The minimum absolute atomic E-state index is 0.0119. The zero-order valence-electron chi connectivity index (χ0n) is 15.3. The molecular weight excluding hydrogens is 417 g/mol. The second kappa shape index (κ2) is 8.48. The van der Waals surface area contributed by atoms with Crippen LogP contribution >= 0.6 is 23.4 Å². The van der Waals surface area contributed by atoms with Crippen LogP contribution < -0.4 is 10.1 Å². The Labute approximate surface area is 169 Å². The van der Waals surface area contributed by atoms with E-state index in [1.165, 1.54) is 18.2 Å². The molecule has 0 aliphatic carbocycles. The van der Waals surface area contributed by atoms with Crippen molar-refractivity contribution >= 4 is 34.7 Å². The number of nitro groups is 1. The summed E-state index contributed by atoms with van der Waals surface area (Å²) in [7, 11) is 0. The molecule has 0 aromatic heterocycles. The molecule has 0 unspecified atom stereocenters. The van der Waals surface area contributed by atoms with Crippen LogP contribution in [0.2, 0.25) is 5.02 Å². The van der Waals surface area contributed by atoms with Gasteiger partial charge < -0.3 is 10.1 Å². The Morgan fingerprint density at radius 3 is 2.43 bits per heavy atom. The van der Waals surface area contributed by atoms with Crippen molar-refractivity contribution in [1.82, 2.24) is 0 Å². The first-order chi connectivity index (χ1) is 12.9. The van der Waals surface area contributed by atoms with Gasteiger partial charge in [0.1, 0.15) is 17.2 Å². The van der Waals surface area contributed by atoms with Gasteiger partial charge in [0.05, 0.1) is 15.5 Å². The van der Waals surface area contributed by atoms with Gasteiger partial charge in [-0.05, 0) is 44.4 Å². The molecule has 1 N–H and O–H groups in total. The fraction of sp³-hybridized carbons (Fsp3) is 0.333. The van der Waals surface area contributed by atoms with Crippen molar-refractivity contribution in [3.8, 4) is 11.5 Å². The van der Waals surface area contributed by atoms with Gasteiger partial charge in [0.25, 0.3) is 5.69 Å². The van der Waals surface area contributed by atoms with E-state index < -0.39 is 22.2 Å². The summed E-state index contributed by atoms with van der Waals surface area (Å²) in [5.41, 5.74) is -1.23. The zero-order chi connectivity index (χ0) is 21.1. The molecule has 2 aromatic carbocycles. The number of ether oxygens (including phenoxy) is 1. The molecule has 28 heavy (non-hydrogen) atoms. The molecule has 0 aliphatic heterocycles. The Bertz CT molecular complexity index is 876. The van der Waals surface area contributed by atoms with Gasteiger partial charge in [0.15, 0.2) is 0 Å². The van der Waals surface area contributed by atoms with E-state index in [0.717, 1.165) is 18.2 Å². The quantitative estimate of drug-likeness (QED) is 0.392. The minimum atomic E-state index is -4.52. The average Bonchev–Trinajstić information content (AvgIpc) is 2.55. The van der Waals surface area contributed by atoms with Crippen LogP contribution in [-0.4, -0.2) is 22.5 Å². The van der Waals surface area contributed by atoms with Crippen molar-refractivity contribution in [2.24, 2.45) is 0 Å². The Morgan fingerprint density at radius 1 is 1.21 bits per heavy atom. The van der Waals surface area contributed by atoms with Crippen molar-refractivity contribution in [2.45, 2.75) is 25.6 Å². The van der Waals surface area contributed by atoms with Crippen molar-refractivity contribution in [3.63, 3.8) is 0 Å². The molecule has 10 heteroatoms. The lowest BCUT2D eigenvalue weighted by molar-refractivity contribution is -0.384. The van der Waals surface area contributed by atoms with Crippen molar-refractivity contribution in [1.29, 1.82) is 0 Å². The lowest BCUT2D eigenvalue weighted by atomic mass is 10.1. The maximum absolute atomic E-state index is 12.7. The molecule has 0 saturated carbocycles. The fourth-order valence-corrected chi connectivity index (χ4v) is 3.50. The van der Waals surface area contributed by atoms with Crippen LogP contribution in [0.1, 0.15) is 19.4 Å². The second-order valence-electron chi connectivity index (χ2n) is 6.62. The summed E-state index contributed by atoms with van der Waals surface area (Å²) in [5, 5.41) is 14.2. The Kier molecular flexibility index (Phi) is 6.71. The number of nitrogens with one attached hydrogen (secondary N) is 1.